The van der Waals surface area contributed by atoms with Crippen molar-refractivity contribution in [3.8, 4) is 22.9 Å². The Hall–Kier alpha value is -4.88. The molecule has 1 fully saturated rings. The average Bonchev–Trinajstić information content (AvgIpc) is 2.92. The molecule has 1 unspecified atom stereocenters. The minimum Gasteiger partial charge on any atom is -0.465 e. The average molecular weight is 556 g/mol. The third-order valence-corrected chi connectivity index (χ3v) is 6.51. The number of hydrogen-bond acceptors (Lipinski definition) is 8. The zero-order chi connectivity index (χ0) is 28.4. The predicted molar refractivity (Wildman–Crippen MR) is 140 cm³/mol. The van der Waals surface area contributed by atoms with Gasteiger partial charge in [-0.05, 0) is 43.5 Å². The van der Waals surface area contributed by atoms with Crippen LogP contribution < -0.4 is 21.3 Å². The zero-order valence-electron chi connectivity index (χ0n) is 20.9. The first kappa shape index (κ1) is 26.7. The number of anilines is 2. The maximum Gasteiger partial charge on any atom is 0.416 e. The SMILES string of the molecule is Nc1nc2c(Oc3cc(-c4ccc(C(F)(F)F)cc4)nc(NCC4CCCCN4C(=O)O)n3)cccc2[nH]c1=O. The first-order valence-electron chi connectivity index (χ1n) is 12.3. The van der Waals surface area contributed by atoms with Crippen LogP contribution in [0.5, 0.6) is 11.6 Å². The summed E-state index contributed by atoms with van der Waals surface area (Å²) in [5, 5.41) is 12.6. The first-order chi connectivity index (χ1) is 19.1. The van der Waals surface area contributed by atoms with Gasteiger partial charge in [0, 0.05) is 24.7 Å². The Balaban J connectivity index is 1.50. The van der Waals surface area contributed by atoms with Crippen LogP contribution in [0.1, 0.15) is 24.8 Å². The van der Waals surface area contributed by atoms with Gasteiger partial charge in [0.1, 0.15) is 5.52 Å². The van der Waals surface area contributed by atoms with E-state index in [0.717, 1.165) is 25.0 Å². The fourth-order valence-corrected chi connectivity index (χ4v) is 4.50. The number of aromatic nitrogens is 4. The lowest BCUT2D eigenvalue weighted by Crippen LogP contribution is -2.46. The molecule has 0 aliphatic carbocycles. The molecule has 1 aliphatic rings. The zero-order valence-corrected chi connectivity index (χ0v) is 20.9. The molecule has 0 spiro atoms. The minimum absolute atomic E-state index is 0.0326. The molecule has 5 rings (SSSR count). The van der Waals surface area contributed by atoms with E-state index in [1.165, 1.54) is 23.1 Å². The highest BCUT2D eigenvalue weighted by molar-refractivity contribution is 5.82. The largest absolute Gasteiger partial charge is 0.465 e. The van der Waals surface area contributed by atoms with Crippen LogP contribution in [-0.2, 0) is 6.18 Å². The Morgan fingerprint density at radius 2 is 1.93 bits per heavy atom. The van der Waals surface area contributed by atoms with Crippen molar-refractivity contribution in [3.05, 3.63) is 64.4 Å². The number of nitrogens with two attached hydrogens (primary N) is 1. The molecule has 208 valence electrons. The molecule has 1 saturated heterocycles. The standard InChI is InChI=1S/C26H24F3N7O4/c27-26(28,29)15-9-7-14(8-10-15)18-12-20(40-19-6-3-5-17-21(19)35-22(30)23(37)32-17)34-24(33-18)31-13-16-4-1-2-11-36(16)25(38)39/h3,5-10,12,16H,1-2,4,11,13H2,(H2,30,35)(H,32,37)(H,38,39)(H,31,33,34). The fourth-order valence-electron chi connectivity index (χ4n) is 4.50. The van der Waals surface area contributed by atoms with Gasteiger partial charge in [0.2, 0.25) is 11.8 Å². The summed E-state index contributed by atoms with van der Waals surface area (Å²) >= 11 is 0. The molecule has 14 heteroatoms. The van der Waals surface area contributed by atoms with Gasteiger partial charge >= 0.3 is 12.3 Å². The lowest BCUT2D eigenvalue weighted by molar-refractivity contribution is -0.137. The number of benzene rings is 2. The number of carboxylic acid groups (broad SMARTS) is 1. The molecule has 2 aromatic heterocycles. The molecule has 11 nitrogen and oxygen atoms in total. The summed E-state index contributed by atoms with van der Waals surface area (Å²) in [6, 6.07) is 10.5. The highest BCUT2D eigenvalue weighted by Crippen LogP contribution is 2.33. The molecule has 0 radical (unpaired) electrons. The number of piperidine rings is 1. The van der Waals surface area contributed by atoms with Crippen molar-refractivity contribution in [2.45, 2.75) is 31.5 Å². The Morgan fingerprint density at radius 3 is 2.65 bits per heavy atom. The quantitative estimate of drug-likeness (QED) is 0.264. The number of nitrogens with zero attached hydrogens (tertiary/aromatic N) is 4. The van der Waals surface area contributed by atoms with Gasteiger partial charge in [-0.1, -0.05) is 18.2 Å². The van der Waals surface area contributed by atoms with Crippen LogP contribution in [0.2, 0.25) is 0 Å². The molecule has 2 aromatic carbocycles. The second-order valence-electron chi connectivity index (χ2n) is 9.20. The summed E-state index contributed by atoms with van der Waals surface area (Å²) in [5.41, 5.74) is 5.60. The van der Waals surface area contributed by atoms with Crippen LogP contribution in [0, 0.1) is 0 Å². The number of alkyl halides is 3. The number of likely N-dealkylation sites (tertiary alicyclic amines) is 1. The van der Waals surface area contributed by atoms with Crippen molar-refractivity contribution in [2.75, 3.05) is 24.1 Å². The number of aromatic amines is 1. The van der Waals surface area contributed by atoms with Gasteiger partial charge in [0.05, 0.1) is 22.8 Å². The van der Waals surface area contributed by atoms with Crippen LogP contribution in [0.15, 0.2) is 53.3 Å². The number of nitrogen functional groups attached to an aromatic ring is 1. The van der Waals surface area contributed by atoms with Crippen molar-refractivity contribution < 1.29 is 27.8 Å². The van der Waals surface area contributed by atoms with Crippen molar-refractivity contribution in [1.82, 2.24) is 24.8 Å². The number of nitrogens with one attached hydrogen (secondary N) is 2. The number of ether oxygens (including phenoxy) is 1. The molecule has 40 heavy (non-hydrogen) atoms. The predicted octanol–water partition coefficient (Wildman–Crippen LogP) is 4.72. The summed E-state index contributed by atoms with van der Waals surface area (Å²) in [6.45, 7) is 0.637. The molecule has 1 atom stereocenters. The normalized spacial score (nSPS) is 15.7. The summed E-state index contributed by atoms with van der Waals surface area (Å²) in [7, 11) is 0. The van der Waals surface area contributed by atoms with E-state index in [4.69, 9.17) is 10.5 Å². The third kappa shape index (κ3) is 5.75. The van der Waals surface area contributed by atoms with E-state index in [0.29, 0.717) is 24.0 Å². The number of H-pyrrole nitrogens is 1. The Bertz CT molecular complexity index is 1610. The van der Waals surface area contributed by atoms with Crippen LogP contribution in [-0.4, -0.2) is 55.2 Å². The molecule has 3 heterocycles. The molecule has 0 bridgehead atoms. The van der Waals surface area contributed by atoms with E-state index in [1.54, 1.807) is 18.2 Å². The van der Waals surface area contributed by atoms with Gasteiger partial charge in [-0.25, -0.2) is 14.8 Å². The lowest BCUT2D eigenvalue weighted by atomic mass is 10.0. The van der Waals surface area contributed by atoms with Crippen molar-refractivity contribution in [3.63, 3.8) is 0 Å². The van der Waals surface area contributed by atoms with Gasteiger partial charge < -0.3 is 30.8 Å². The van der Waals surface area contributed by atoms with Crippen LogP contribution in [0.25, 0.3) is 22.3 Å². The summed E-state index contributed by atoms with van der Waals surface area (Å²) < 4.78 is 45.3. The van der Waals surface area contributed by atoms with Gasteiger partial charge in [-0.2, -0.15) is 18.2 Å². The van der Waals surface area contributed by atoms with Gasteiger partial charge in [-0.15, -0.1) is 0 Å². The number of rotatable bonds is 6. The number of fused-ring (bicyclic) bond motifs is 1. The van der Waals surface area contributed by atoms with Crippen molar-refractivity contribution in [1.29, 1.82) is 0 Å². The van der Waals surface area contributed by atoms with E-state index in [2.05, 4.69) is 25.3 Å². The van der Waals surface area contributed by atoms with E-state index in [9.17, 15) is 27.9 Å². The second-order valence-corrected chi connectivity index (χ2v) is 9.20. The van der Waals surface area contributed by atoms with Gasteiger partial charge in [-0.3, -0.25) is 4.79 Å². The Morgan fingerprint density at radius 1 is 1.15 bits per heavy atom. The van der Waals surface area contributed by atoms with Crippen LogP contribution in [0.4, 0.5) is 29.7 Å². The number of carbonyl (C=O) groups is 1. The first-order valence-corrected chi connectivity index (χ1v) is 12.3. The molecule has 0 saturated carbocycles. The van der Waals surface area contributed by atoms with E-state index < -0.39 is 23.4 Å². The van der Waals surface area contributed by atoms with Crippen molar-refractivity contribution >= 4 is 28.9 Å². The summed E-state index contributed by atoms with van der Waals surface area (Å²) in [5.74, 6) is 0.0805. The van der Waals surface area contributed by atoms with Crippen LogP contribution in [0.3, 0.4) is 0 Å². The lowest BCUT2D eigenvalue weighted by Gasteiger charge is -2.33. The topological polar surface area (TPSA) is 159 Å². The number of hydrogen-bond donors (Lipinski definition) is 4. The highest BCUT2D eigenvalue weighted by atomic mass is 19.4. The molecule has 1 aliphatic heterocycles. The maximum atomic E-state index is 13.1. The minimum atomic E-state index is -4.49. The molecular weight excluding hydrogens is 531 g/mol. The number of halogens is 3. The monoisotopic (exact) mass is 555 g/mol. The number of amides is 1. The van der Waals surface area contributed by atoms with E-state index >= 15 is 0 Å². The molecule has 1 amide bonds. The van der Waals surface area contributed by atoms with E-state index in [-0.39, 0.29) is 47.2 Å². The smallest absolute Gasteiger partial charge is 0.416 e. The highest BCUT2D eigenvalue weighted by Gasteiger charge is 2.30. The van der Waals surface area contributed by atoms with Gasteiger partial charge in [0.15, 0.2) is 11.6 Å². The number of para-hydroxylation sites is 1. The fraction of sp³-hybridized carbons (Fsp3) is 0.269. The van der Waals surface area contributed by atoms with Crippen molar-refractivity contribution in [2.24, 2.45) is 0 Å². The molecule has 5 N–H and O–H groups in total. The molecule has 4 aromatic rings. The van der Waals surface area contributed by atoms with Gasteiger partial charge in [0.25, 0.3) is 5.56 Å². The van der Waals surface area contributed by atoms with E-state index in [1.807, 2.05) is 0 Å². The Labute approximate surface area is 224 Å². The summed E-state index contributed by atoms with van der Waals surface area (Å²) in [4.78, 5) is 40.5. The van der Waals surface area contributed by atoms with Crippen LogP contribution >= 0.6 is 0 Å². The Kier molecular flexibility index (Phi) is 7.15. The third-order valence-electron chi connectivity index (χ3n) is 6.51. The molecular formula is C26H24F3N7O4. The maximum absolute atomic E-state index is 13.1. The second kappa shape index (κ2) is 10.7. The summed E-state index contributed by atoms with van der Waals surface area (Å²) in [6.07, 6.45) is -3.21.